The second-order valence-electron chi connectivity index (χ2n) is 7.25. The highest BCUT2D eigenvalue weighted by molar-refractivity contribution is 6.46. The summed E-state index contributed by atoms with van der Waals surface area (Å²) in [5.74, 6) is -1.07. The number of nitrogens with zero attached hydrogens (tertiary/aromatic N) is 1. The Bertz CT molecular complexity index is 1180. The van der Waals surface area contributed by atoms with Crippen molar-refractivity contribution in [2.75, 3.05) is 27.4 Å². The van der Waals surface area contributed by atoms with Gasteiger partial charge in [-0.1, -0.05) is 60.7 Å². The second-order valence-corrected chi connectivity index (χ2v) is 7.25. The zero-order chi connectivity index (χ0) is 22.0. The van der Waals surface area contributed by atoms with E-state index in [4.69, 9.17) is 9.47 Å². The SMILES string of the molecule is COCCN1C(=O)C(=O)/C(=C(/O)c2cccc3ccccc23)C1c1ccccc1OC. The lowest BCUT2D eigenvalue weighted by molar-refractivity contribution is -0.140. The highest BCUT2D eigenvalue weighted by Crippen LogP contribution is 2.43. The van der Waals surface area contributed by atoms with E-state index in [2.05, 4.69) is 0 Å². The number of aliphatic hydroxyl groups excluding tert-OH is 1. The van der Waals surface area contributed by atoms with Gasteiger partial charge in [0.15, 0.2) is 0 Å². The molecule has 1 atom stereocenters. The van der Waals surface area contributed by atoms with Gasteiger partial charge >= 0.3 is 0 Å². The van der Waals surface area contributed by atoms with Gasteiger partial charge in [0.05, 0.1) is 25.3 Å². The van der Waals surface area contributed by atoms with Crippen LogP contribution in [0, 0.1) is 0 Å². The molecule has 31 heavy (non-hydrogen) atoms. The van der Waals surface area contributed by atoms with Crippen LogP contribution in [0.4, 0.5) is 0 Å². The lowest BCUT2D eigenvalue weighted by Crippen LogP contribution is -2.32. The fourth-order valence-electron chi connectivity index (χ4n) is 4.09. The average molecular weight is 417 g/mol. The molecule has 0 spiro atoms. The van der Waals surface area contributed by atoms with E-state index in [1.807, 2.05) is 48.5 Å². The van der Waals surface area contributed by atoms with Gasteiger partial charge in [0.2, 0.25) is 0 Å². The first kappa shape index (κ1) is 20.6. The van der Waals surface area contributed by atoms with Crippen molar-refractivity contribution in [2.24, 2.45) is 0 Å². The quantitative estimate of drug-likeness (QED) is 0.374. The number of Topliss-reactive ketones (excluding diaryl/α,β-unsaturated/α-hetero) is 1. The Balaban J connectivity index is 1.97. The summed E-state index contributed by atoms with van der Waals surface area (Å²) in [5.41, 5.74) is 1.17. The number of methoxy groups -OCH3 is 2. The Morgan fingerprint density at radius 2 is 1.68 bits per heavy atom. The van der Waals surface area contributed by atoms with Crippen molar-refractivity contribution in [1.29, 1.82) is 0 Å². The van der Waals surface area contributed by atoms with Gasteiger partial charge < -0.3 is 19.5 Å². The first-order chi connectivity index (χ1) is 15.1. The Hall–Kier alpha value is -3.64. The van der Waals surface area contributed by atoms with Crippen LogP contribution in [0.25, 0.3) is 16.5 Å². The molecule has 1 amide bonds. The number of fused-ring (bicyclic) bond motifs is 1. The number of ether oxygens (including phenoxy) is 2. The number of carbonyl (C=O) groups excluding carboxylic acids is 2. The molecule has 0 bridgehead atoms. The first-order valence-electron chi connectivity index (χ1n) is 9.97. The van der Waals surface area contributed by atoms with Crippen LogP contribution in [0.5, 0.6) is 5.75 Å². The summed E-state index contributed by atoms with van der Waals surface area (Å²) in [4.78, 5) is 27.5. The zero-order valence-electron chi connectivity index (χ0n) is 17.4. The van der Waals surface area contributed by atoms with Crippen LogP contribution in [-0.2, 0) is 14.3 Å². The van der Waals surface area contributed by atoms with Crippen LogP contribution >= 0.6 is 0 Å². The fraction of sp³-hybridized carbons (Fsp3) is 0.200. The Morgan fingerprint density at radius 1 is 0.968 bits per heavy atom. The number of ketones is 1. The first-order valence-corrected chi connectivity index (χ1v) is 9.97. The van der Waals surface area contributed by atoms with E-state index in [0.29, 0.717) is 16.9 Å². The number of benzene rings is 3. The third-order valence-electron chi connectivity index (χ3n) is 5.55. The molecular weight excluding hydrogens is 394 g/mol. The maximum atomic E-state index is 13.1. The molecule has 6 nitrogen and oxygen atoms in total. The Kier molecular flexibility index (Phi) is 5.73. The van der Waals surface area contributed by atoms with E-state index >= 15 is 0 Å². The number of hydrogen-bond donors (Lipinski definition) is 1. The molecule has 4 rings (SSSR count). The molecule has 1 aliphatic rings. The van der Waals surface area contributed by atoms with Gasteiger partial charge in [-0.05, 0) is 16.8 Å². The fourth-order valence-corrected chi connectivity index (χ4v) is 4.09. The summed E-state index contributed by atoms with van der Waals surface area (Å²) in [6.07, 6.45) is 0. The van der Waals surface area contributed by atoms with E-state index in [0.717, 1.165) is 10.8 Å². The lowest BCUT2D eigenvalue weighted by Gasteiger charge is -2.26. The van der Waals surface area contributed by atoms with Crippen LogP contribution < -0.4 is 4.74 Å². The molecule has 0 saturated carbocycles. The highest BCUT2D eigenvalue weighted by atomic mass is 16.5. The van der Waals surface area contributed by atoms with Crippen molar-refractivity contribution in [3.05, 3.63) is 83.4 Å². The van der Waals surface area contributed by atoms with E-state index < -0.39 is 17.7 Å². The molecule has 3 aromatic carbocycles. The predicted octanol–water partition coefficient (Wildman–Crippen LogP) is 3.92. The molecule has 1 aliphatic heterocycles. The molecule has 0 aliphatic carbocycles. The van der Waals surface area contributed by atoms with E-state index in [1.165, 1.54) is 19.1 Å². The van der Waals surface area contributed by atoms with Gasteiger partial charge in [0.1, 0.15) is 11.5 Å². The summed E-state index contributed by atoms with van der Waals surface area (Å²) >= 11 is 0. The van der Waals surface area contributed by atoms with Crippen molar-refractivity contribution in [3.63, 3.8) is 0 Å². The van der Waals surface area contributed by atoms with Crippen LogP contribution in [0.2, 0.25) is 0 Å². The number of aliphatic hydroxyl groups is 1. The van der Waals surface area contributed by atoms with Crippen LogP contribution in [0.1, 0.15) is 17.2 Å². The number of para-hydroxylation sites is 1. The van der Waals surface area contributed by atoms with Gasteiger partial charge in [-0.15, -0.1) is 0 Å². The van der Waals surface area contributed by atoms with Crippen LogP contribution in [0.3, 0.4) is 0 Å². The van der Waals surface area contributed by atoms with Crippen molar-refractivity contribution >= 4 is 28.2 Å². The molecule has 3 aromatic rings. The number of hydrogen-bond acceptors (Lipinski definition) is 5. The minimum Gasteiger partial charge on any atom is -0.507 e. The standard InChI is InChI=1S/C25H23NO5/c1-30-15-14-26-22(19-11-5-6-13-20(19)31-2)21(24(28)25(26)29)23(27)18-12-7-9-16-8-3-4-10-17(16)18/h3-13,22,27H,14-15H2,1-2H3/b23-21+. The maximum Gasteiger partial charge on any atom is 0.295 e. The van der Waals surface area contributed by atoms with E-state index in [-0.39, 0.29) is 24.5 Å². The molecule has 1 unspecified atom stereocenters. The molecule has 1 N–H and O–H groups in total. The third-order valence-corrected chi connectivity index (χ3v) is 5.55. The number of amides is 1. The molecule has 1 heterocycles. The summed E-state index contributed by atoms with van der Waals surface area (Å²) < 4.78 is 10.7. The predicted molar refractivity (Wildman–Crippen MR) is 118 cm³/mol. The lowest BCUT2D eigenvalue weighted by atomic mass is 9.93. The summed E-state index contributed by atoms with van der Waals surface area (Å²) in [6.45, 7) is 0.461. The highest BCUT2D eigenvalue weighted by Gasteiger charge is 2.46. The van der Waals surface area contributed by atoms with Crippen molar-refractivity contribution in [3.8, 4) is 5.75 Å². The monoisotopic (exact) mass is 417 g/mol. The van der Waals surface area contributed by atoms with Crippen molar-refractivity contribution < 1.29 is 24.2 Å². The minimum absolute atomic E-state index is 0.0435. The molecular formula is C25H23NO5. The smallest absolute Gasteiger partial charge is 0.295 e. The molecule has 6 heteroatoms. The van der Waals surface area contributed by atoms with Crippen LogP contribution in [0.15, 0.2) is 72.3 Å². The molecule has 0 radical (unpaired) electrons. The maximum absolute atomic E-state index is 13.1. The molecule has 1 saturated heterocycles. The summed E-state index contributed by atoms with van der Waals surface area (Å²) in [7, 11) is 3.07. The van der Waals surface area contributed by atoms with Gasteiger partial charge in [-0.2, -0.15) is 0 Å². The molecule has 0 aromatic heterocycles. The largest absolute Gasteiger partial charge is 0.507 e. The topological polar surface area (TPSA) is 76.1 Å². The second kappa shape index (κ2) is 8.62. The van der Waals surface area contributed by atoms with Gasteiger partial charge in [0.25, 0.3) is 11.7 Å². The summed E-state index contributed by atoms with van der Waals surface area (Å²) in [5, 5.41) is 13.1. The Labute approximate surface area is 180 Å². The molecule has 1 fully saturated rings. The number of rotatable bonds is 6. The number of carbonyl (C=O) groups is 2. The van der Waals surface area contributed by atoms with Gasteiger partial charge in [-0.25, -0.2) is 0 Å². The zero-order valence-corrected chi connectivity index (χ0v) is 17.4. The summed E-state index contributed by atoms with van der Waals surface area (Å²) in [6, 6.07) is 19.5. The van der Waals surface area contributed by atoms with E-state index in [9.17, 15) is 14.7 Å². The number of likely N-dealkylation sites (tertiary alicyclic amines) is 1. The van der Waals surface area contributed by atoms with Gasteiger partial charge in [-0.3, -0.25) is 9.59 Å². The molecule has 158 valence electrons. The van der Waals surface area contributed by atoms with Crippen molar-refractivity contribution in [2.45, 2.75) is 6.04 Å². The van der Waals surface area contributed by atoms with Gasteiger partial charge in [0, 0.05) is 24.8 Å². The van der Waals surface area contributed by atoms with E-state index in [1.54, 1.807) is 18.2 Å². The van der Waals surface area contributed by atoms with Crippen molar-refractivity contribution in [1.82, 2.24) is 4.90 Å². The van der Waals surface area contributed by atoms with Crippen LogP contribution in [-0.4, -0.2) is 49.1 Å². The Morgan fingerprint density at radius 3 is 2.45 bits per heavy atom. The third kappa shape index (κ3) is 3.55. The average Bonchev–Trinajstić information content (AvgIpc) is 3.06. The minimum atomic E-state index is -0.787. The normalized spacial score (nSPS) is 18.0.